The van der Waals surface area contributed by atoms with Crippen LogP contribution in [0.4, 0.5) is 0 Å². The Morgan fingerprint density at radius 1 is 1.50 bits per heavy atom. The third-order valence-electron chi connectivity index (χ3n) is 2.32. The zero-order chi connectivity index (χ0) is 13.0. The fourth-order valence-electron chi connectivity index (χ4n) is 1.40. The van der Waals surface area contributed by atoms with Crippen molar-refractivity contribution >= 4 is 21.4 Å². The van der Waals surface area contributed by atoms with Gasteiger partial charge in [0.2, 0.25) is 10.0 Å². The Bertz CT molecular complexity index is 590. The van der Waals surface area contributed by atoms with Gasteiger partial charge in [0.05, 0.1) is 17.8 Å². The second kappa shape index (κ2) is 5.61. The summed E-state index contributed by atoms with van der Waals surface area (Å²) in [5.41, 5.74) is 0. The highest BCUT2D eigenvalue weighted by molar-refractivity contribution is 7.89. The molecule has 0 bridgehead atoms. The van der Waals surface area contributed by atoms with Crippen LogP contribution in [0.5, 0.6) is 0 Å². The maximum absolute atomic E-state index is 11.9. The second-order valence-corrected chi connectivity index (χ2v) is 6.37. The molecular formula is C10H13N3O3S2. The van der Waals surface area contributed by atoms with Gasteiger partial charge in [-0.15, -0.1) is 11.3 Å². The van der Waals surface area contributed by atoms with E-state index in [2.05, 4.69) is 9.71 Å². The summed E-state index contributed by atoms with van der Waals surface area (Å²) < 4.78 is 28.0. The molecule has 6 nitrogen and oxygen atoms in total. The normalized spacial score (nSPS) is 11.8. The third-order valence-corrected chi connectivity index (χ3v) is 4.83. The minimum Gasteiger partial charge on any atom is -0.391 e. The van der Waals surface area contributed by atoms with Crippen LogP contribution >= 0.6 is 11.3 Å². The molecule has 0 spiro atoms. The van der Waals surface area contributed by atoms with Gasteiger partial charge in [0, 0.05) is 35.7 Å². The first-order valence-electron chi connectivity index (χ1n) is 5.25. The SMILES string of the molecule is O=S(=O)(NCCn1ccnc1)c1csc(CO)c1. The molecule has 0 saturated heterocycles. The van der Waals surface area contributed by atoms with E-state index >= 15 is 0 Å². The van der Waals surface area contributed by atoms with Gasteiger partial charge < -0.3 is 9.67 Å². The average Bonchev–Trinajstić information content (AvgIpc) is 2.99. The van der Waals surface area contributed by atoms with Crippen molar-refractivity contribution < 1.29 is 13.5 Å². The van der Waals surface area contributed by atoms with E-state index in [9.17, 15) is 8.42 Å². The van der Waals surface area contributed by atoms with Gasteiger partial charge in [-0.1, -0.05) is 0 Å². The molecule has 2 N–H and O–H groups in total. The van der Waals surface area contributed by atoms with Crippen molar-refractivity contribution in [1.82, 2.24) is 14.3 Å². The number of sulfonamides is 1. The van der Waals surface area contributed by atoms with Gasteiger partial charge in [0.25, 0.3) is 0 Å². The molecule has 98 valence electrons. The van der Waals surface area contributed by atoms with Crippen molar-refractivity contribution in [1.29, 1.82) is 0 Å². The molecular weight excluding hydrogens is 274 g/mol. The number of aliphatic hydroxyl groups is 1. The van der Waals surface area contributed by atoms with Gasteiger partial charge in [-0.2, -0.15) is 0 Å². The molecule has 0 amide bonds. The van der Waals surface area contributed by atoms with Gasteiger partial charge in [-0.05, 0) is 6.07 Å². The molecule has 0 aliphatic heterocycles. The summed E-state index contributed by atoms with van der Waals surface area (Å²) in [7, 11) is -3.49. The Balaban J connectivity index is 1.95. The Hall–Kier alpha value is -1.22. The fourth-order valence-corrected chi connectivity index (χ4v) is 3.55. The Labute approximate surface area is 109 Å². The largest absolute Gasteiger partial charge is 0.391 e. The van der Waals surface area contributed by atoms with Gasteiger partial charge in [-0.3, -0.25) is 0 Å². The highest BCUT2D eigenvalue weighted by Gasteiger charge is 2.15. The van der Waals surface area contributed by atoms with Gasteiger partial charge in [-0.25, -0.2) is 18.1 Å². The molecule has 2 rings (SSSR count). The molecule has 2 aromatic rings. The zero-order valence-corrected chi connectivity index (χ0v) is 11.1. The molecule has 0 aliphatic carbocycles. The lowest BCUT2D eigenvalue weighted by Gasteiger charge is -2.05. The zero-order valence-electron chi connectivity index (χ0n) is 9.48. The number of nitrogens with zero attached hydrogens (tertiary/aromatic N) is 2. The minimum atomic E-state index is -3.49. The first-order valence-corrected chi connectivity index (χ1v) is 7.62. The van der Waals surface area contributed by atoms with Crippen molar-refractivity contribution in [3.05, 3.63) is 35.0 Å². The molecule has 0 atom stereocenters. The topological polar surface area (TPSA) is 84.2 Å². The van der Waals surface area contributed by atoms with Crippen LogP contribution in [0, 0.1) is 0 Å². The number of rotatable bonds is 6. The highest BCUT2D eigenvalue weighted by Crippen LogP contribution is 2.18. The molecule has 0 fully saturated rings. The van der Waals surface area contributed by atoms with E-state index in [1.807, 2.05) is 0 Å². The van der Waals surface area contributed by atoms with Crippen molar-refractivity contribution in [2.45, 2.75) is 18.0 Å². The maximum atomic E-state index is 11.9. The summed E-state index contributed by atoms with van der Waals surface area (Å²) in [6, 6.07) is 1.48. The van der Waals surface area contributed by atoms with Crippen LogP contribution < -0.4 is 4.72 Å². The summed E-state index contributed by atoms with van der Waals surface area (Å²) in [5.74, 6) is 0. The molecule has 0 unspecified atom stereocenters. The van der Waals surface area contributed by atoms with Crippen LogP contribution in [0.1, 0.15) is 4.88 Å². The first kappa shape index (κ1) is 13.2. The van der Waals surface area contributed by atoms with E-state index < -0.39 is 10.0 Å². The van der Waals surface area contributed by atoms with E-state index in [1.165, 1.54) is 22.8 Å². The predicted octanol–water partition coefficient (Wildman–Crippen LogP) is 0.415. The third kappa shape index (κ3) is 3.16. The number of thiophene rings is 1. The van der Waals surface area contributed by atoms with E-state index in [-0.39, 0.29) is 11.5 Å². The Morgan fingerprint density at radius 2 is 2.33 bits per heavy atom. The summed E-state index contributed by atoms with van der Waals surface area (Å²) in [5, 5.41) is 10.4. The molecule has 0 saturated carbocycles. The summed E-state index contributed by atoms with van der Waals surface area (Å²) in [6.45, 7) is 0.675. The van der Waals surface area contributed by atoms with Crippen molar-refractivity contribution in [3.8, 4) is 0 Å². The molecule has 2 heterocycles. The van der Waals surface area contributed by atoms with Crippen LogP contribution in [0.2, 0.25) is 0 Å². The van der Waals surface area contributed by atoms with Gasteiger partial charge in [0.15, 0.2) is 0 Å². The van der Waals surface area contributed by atoms with Crippen molar-refractivity contribution in [3.63, 3.8) is 0 Å². The summed E-state index contributed by atoms with van der Waals surface area (Å²) >= 11 is 1.22. The molecule has 18 heavy (non-hydrogen) atoms. The number of hydrogen-bond acceptors (Lipinski definition) is 5. The monoisotopic (exact) mass is 287 g/mol. The van der Waals surface area contributed by atoms with Crippen LogP contribution in [-0.4, -0.2) is 29.6 Å². The molecule has 2 aromatic heterocycles. The quantitative estimate of drug-likeness (QED) is 0.806. The lowest BCUT2D eigenvalue weighted by atomic mass is 10.5. The van der Waals surface area contributed by atoms with E-state index in [0.29, 0.717) is 18.0 Å². The summed E-state index contributed by atoms with van der Waals surface area (Å²) in [6.07, 6.45) is 5.03. The highest BCUT2D eigenvalue weighted by atomic mass is 32.2. The van der Waals surface area contributed by atoms with E-state index in [1.54, 1.807) is 23.3 Å². The van der Waals surface area contributed by atoms with Crippen molar-refractivity contribution in [2.75, 3.05) is 6.54 Å². The number of nitrogens with one attached hydrogen (secondary N) is 1. The standard InChI is InChI=1S/C10H13N3O3S2/c14-6-9-5-10(7-17-9)18(15,16)12-2-4-13-3-1-11-8-13/h1,3,5,7-8,12,14H,2,4,6H2. The number of aliphatic hydroxyl groups excluding tert-OH is 1. The van der Waals surface area contributed by atoms with Gasteiger partial charge in [0.1, 0.15) is 0 Å². The lowest BCUT2D eigenvalue weighted by molar-refractivity contribution is 0.285. The molecule has 0 aliphatic rings. The predicted molar refractivity (Wildman–Crippen MR) is 67.7 cm³/mol. The Morgan fingerprint density at radius 3 is 2.94 bits per heavy atom. The van der Waals surface area contributed by atoms with E-state index in [0.717, 1.165) is 0 Å². The summed E-state index contributed by atoms with van der Waals surface area (Å²) in [4.78, 5) is 4.70. The van der Waals surface area contributed by atoms with Crippen LogP contribution in [-0.2, 0) is 23.2 Å². The Kier molecular flexibility index (Phi) is 4.12. The fraction of sp³-hybridized carbons (Fsp3) is 0.300. The van der Waals surface area contributed by atoms with Gasteiger partial charge >= 0.3 is 0 Å². The molecule has 8 heteroatoms. The number of aromatic nitrogens is 2. The molecule has 0 aromatic carbocycles. The number of hydrogen-bond donors (Lipinski definition) is 2. The minimum absolute atomic E-state index is 0.144. The van der Waals surface area contributed by atoms with Crippen LogP contribution in [0.25, 0.3) is 0 Å². The first-order chi connectivity index (χ1) is 8.62. The molecule has 0 radical (unpaired) electrons. The smallest absolute Gasteiger partial charge is 0.241 e. The van der Waals surface area contributed by atoms with Crippen molar-refractivity contribution in [2.24, 2.45) is 0 Å². The van der Waals surface area contributed by atoms with E-state index in [4.69, 9.17) is 5.11 Å². The lowest BCUT2D eigenvalue weighted by Crippen LogP contribution is -2.26. The maximum Gasteiger partial charge on any atom is 0.241 e. The number of imidazole rings is 1. The average molecular weight is 287 g/mol. The van der Waals surface area contributed by atoms with Crippen LogP contribution in [0.15, 0.2) is 35.1 Å². The second-order valence-electron chi connectivity index (χ2n) is 3.61. The van der Waals surface area contributed by atoms with Crippen LogP contribution in [0.3, 0.4) is 0 Å².